The first-order valence-electron chi connectivity index (χ1n) is 5.02. The largest absolute Gasteiger partial charge is 0.396 e. The van der Waals surface area contributed by atoms with Gasteiger partial charge in [0.15, 0.2) is 0 Å². The molecule has 0 aliphatic heterocycles. The molecule has 1 aliphatic rings. The standard InChI is InChI=1S/C10H21NO/c1-3-10(2,8-12)7-11-6-9-4-5-9/h9,11-12H,3-8H2,1-2H3. The molecule has 72 valence electrons. The minimum Gasteiger partial charge on any atom is -0.396 e. The van der Waals surface area contributed by atoms with Gasteiger partial charge in [0, 0.05) is 18.6 Å². The van der Waals surface area contributed by atoms with E-state index in [4.69, 9.17) is 5.11 Å². The van der Waals surface area contributed by atoms with E-state index < -0.39 is 0 Å². The molecule has 0 saturated heterocycles. The van der Waals surface area contributed by atoms with Crippen molar-refractivity contribution in [3.05, 3.63) is 0 Å². The molecule has 1 unspecified atom stereocenters. The molecule has 1 aliphatic carbocycles. The normalized spacial score (nSPS) is 22.2. The minimum atomic E-state index is 0.0922. The summed E-state index contributed by atoms with van der Waals surface area (Å²) in [6, 6.07) is 0. The van der Waals surface area contributed by atoms with E-state index in [1.165, 1.54) is 12.8 Å². The SMILES string of the molecule is CCC(C)(CO)CNCC1CC1. The van der Waals surface area contributed by atoms with E-state index in [9.17, 15) is 0 Å². The average Bonchev–Trinajstić information content (AvgIpc) is 2.88. The van der Waals surface area contributed by atoms with Crippen LogP contribution in [0.4, 0.5) is 0 Å². The van der Waals surface area contributed by atoms with Crippen molar-refractivity contribution in [3.63, 3.8) is 0 Å². The number of hydrogen-bond acceptors (Lipinski definition) is 2. The van der Waals surface area contributed by atoms with Crippen molar-refractivity contribution in [1.82, 2.24) is 5.32 Å². The maximum atomic E-state index is 9.13. The molecule has 1 fully saturated rings. The fourth-order valence-electron chi connectivity index (χ4n) is 1.19. The van der Waals surface area contributed by atoms with Crippen LogP contribution in [0.25, 0.3) is 0 Å². The molecule has 2 heteroatoms. The van der Waals surface area contributed by atoms with Gasteiger partial charge in [-0.3, -0.25) is 0 Å². The molecule has 1 atom stereocenters. The first-order chi connectivity index (χ1) is 5.70. The summed E-state index contributed by atoms with van der Waals surface area (Å²) in [5.74, 6) is 0.935. The molecular formula is C10H21NO. The summed E-state index contributed by atoms with van der Waals surface area (Å²) in [5.41, 5.74) is 0.0922. The highest BCUT2D eigenvalue weighted by Crippen LogP contribution is 2.28. The third-order valence-corrected chi connectivity index (χ3v) is 2.92. The van der Waals surface area contributed by atoms with Crippen molar-refractivity contribution in [1.29, 1.82) is 0 Å². The summed E-state index contributed by atoms with van der Waals surface area (Å²) in [6.07, 6.45) is 3.84. The van der Waals surface area contributed by atoms with E-state index in [0.717, 1.165) is 25.4 Å². The summed E-state index contributed by atoms with van der Waals surface area (Å²) in [7, 11) is 0. The predicted molar refractivity (Wildman–Crippen MR) is 51.1 cm³/mol. The van der Waals surface area contributed by atoms with Gasteiger partial charge in [-0.2, -0.15) is 0 Å². The second-order valence-electron chi connectivity index (χ2n) is 4.40. The van der Waals surface area contributed by atoms with Gasteiger partial charge in [0.25, 0.3) is 0 Å². The Hall–Kier alpha value is -0.0800. The maximum absolute atomic E-state index is 9.13. The number of rotatable bonds is 6. The molecule has 1 rings (SSSR count). The topological polar surface area (TPSA) is 32.3 Å². The Morgan fingerprint density at radius 3 is 2.58 bits per heavy atom. The Morgan fingerprint density at radius 2 is 2.17 bits per heavy atom. The highest BCUT2D eigenvalue weighted by molar-refractivity contribution is 4.79. The zero-order valence-corrected chi connectivity index (χ0v) is 8.27. The minimum absolute atomic E-state index is 0.0922. The molecule has 0 heterocycles. The lowest BCUT2D eigenvalue weighted by atomic mass is 9.89. The molecule has 0 spiro atoms. The predicted octanol–water partition coefficient (Wildman–Crippen LogP) is 1.39. The van der Waals surface area contributed by atoms with Crippen LogP contribution in [0.3, 0.4) is 0 Å². The third kappa shape index (κ3) is 3.11. The van der Waals surface area contributed by atoms with Crippen LogP contribution in [0.5, 0.6) is 0 Å². The van der Waals surface area contributed by atoms with Crippen LogP contribution in [0, 0.1) is 11.3 Å². The van der Waals surface area contributed by atoms with E-state index in [-0.39, 0.29) is 5.41 Å². The highest BCUT2D eigenvalue weighted by atomic mass is 16.3. The number of aliphatic hydroxyl groups is 1. The van der Waals surface area contributed by atoms with Gasteiger partial charge in [0.05, 0.1) is 0 Å². The smallest absolute Gasteiger partial charge is 0.0496 e. The molecule has 12 heavy (non-hydrogen) atoms. The van der Waals surface area contributed by atoms with Crippen molar-refractivity contribution in [2.24, 2.45) is 11.3 Å². The van der Waals surface area contributed by atoms with Crippen LogP contribution in [0.15, 0.2) is 0 Å². The van der Waals surface area contributed by atoms with Crippen LogP contribution in [0.1, 0.15) is 33.1 Å². The van der Waals surface area contributed by atoms with E-state index in [1.54, 1.807) is 0 Å². The quantitative estimate of drug-likeness (QED) is 0.633. The molecule has 0 bridgehead atoms. The van der Waals surface area contributed by atoms with Gasteiger partial charge in [0.1, 0.15) is 0 Å². The van der Waals surface area contributed by atoms with Gasteiger partial charge in [-0.15, -0.1) is 0 Å². The second-order valence-corrected chi connectivity index (χ2v) is 4.40. The Balaban J connectivity index is 2.08. The van der Waals surface area contributed by atoms with Crippen LogP contribution >= 0.6 is 0 Å². The summed E-state index contributed by atoms with van der Waals surface area (Å²) < 4.78 is 0. The molecule has 0 amide bonds. The van der Waals surface area contributed by atoms with Gasteiger partial charge in [-0.25, -0.2) is 0 Å². The van der Waals surface area contributed by atoms with Gasteiger partial charge in [0.2, 0.25) is 0 Å². The maximum Gasteiger partial charge on any atom is 0.0496 e. The number of aliphatic hydroxyl groups excluding tert-OH is 1. The molecular weight excluding hydrogens is 150 g/mol. The average molecular weight is 171 g/mol. The van der Waals surface area contributed by atoms with Gasteiger partial charge >= 0.3 is 0 Å². The molecule has 0 aromatic carbocycles. The van der Waals surface area contributed by atoms with E-state index in [2.05, 4.69) is 19.2 Å². The van der Waals surface area contributed by atoms with Crippen molar-refractivity contribution in [2.75, 3.05) is 19.7 Å². The lowest BCUT2D eigenvalue weighted by Crippen LogP contribution is -2.35. The number of nitrogens with one attached hydrogen (secondary N) is 1. The first kappa shape index (κ1) is 10.0. The molecule has 0 radical (unpaired) electrons. The zero-order valence-electron chi connectivity index (χ0n) is 8.27. The first-order valence-corrected chi connectivity index (χ1v) is 5.02. The highest BCUT2D eigenvalue weighted by Gasteiger charge is 2.24. The summed E-state index contributed by atoms with van der Waals surface area (Å²) in [4.78, 5) is 0. The number of hydrogen-bond donors (Lipinski definition) is 2. The summed E-state index contributed by atoms with van der Waals surface area (Å²) in [5, 5.41) is 12.6. The molecule has 2 nitrogen and oxygen atoms in total. The van der Waals surface area contributed by atoms with E-state index in [0.29, 0.717) is 6.61 Å². The molecule has 2 N–H and O–H groups in total. The molecule has 1 saturated carbocycles. The van der Waals surface area contributed by atoms with Crippen LogP contribution in [-0.2, 0) is 0 Å². The Morgan fingerprint density at radius 1 is 1.50 bits per heavy atom. The fraction of sp³-hybridized carbons (Fsp3) is 1.00. The van der Waals surface area contributed by atoms with Crippen LogP contribution in [0.2, 0.25) is 0 Å². The second kappa shape index (κ2) is 4.24. The van der Waals surface area contributed by atoms with Gasteiger partial charge < -0.3 is 10.4 Å². The summed E-state index contributed by atoms with van der Waals surface area (Å²) >= 11 is 0. The lowest BCUT2D eigenvalue weighted by Gasteiger charge is -2.25. The van der Waals surface area contributed by atoms with Crippen molar-refractivity contribution >= 4 is 0 Å². The fourth-order valence-corrected chi connectivity index (χ4v) is 1.19. The summed E-state index contributed by atoms with van der Waals surface area (Å²) in [6.45, 7) is 6.66. The van der Waals surface area contributed by atoms with E-state index >= 15 is 0 Å². The third-order valence-electron chi connectivity index (χ3n) is 2.92. The van der Waals surface area contributed by atoms with Crippen LogP contribution in [-0.4, -0.2) is 24.8 Å². The zero-order chi connectivity index (χ0) is 9.03. The van der Waals surface area contributed by atoms with E-state index in [1.807, 2.05) is 0 Å². The Kier molecular flexibility index (Phi) is 3.53. The van der Waals surface area contributed by atoms with Crippen molar-refractivity contribution in [2.45, 2.75) is 33.1 Å². The molecule has 0 aromatic rings. The van der Waals surface area contributed by atoms with Crippen molar-refractivity contribution < 1.29 is 5.11 Å². The monoisotopic (exact) mass is 171 g/mol. The lowest BCUT2D eigenvalue weighted by molar-refractivity contribution is 0.135. The van der Waals surface area contributed by atoms with Gasteiger partial charge in [-0.1, -0.05) is 13.8 Å². The molecule has 0 aromatic heterocycles. The Bertz CT molecular complexity index is 128. The van der Waals surface area contributed by atoms with Crippen molar-refractivity contribution in [3.8, 4) is 0 Å². The van der Waals surface area contributed by atoms with Gasteiger partial charge in [-0.05, 0) is 31.7 Å². The van der Waals surface area contributed by atoms with Crippen LogP contribution < -0.4 is 5.32 Å². The Labute approximate surface area is 75.4 Å².